The smallest absolute Gasteiger partial charge is 0.306 e. The molecule has 1 fully saturated rings. The van der Waals surface area contributed by atoms with Gasteiger partial charge in [-0.2, -0.15) is 0 Å². The maximum Gasteiger partial charge on any atom is 0.306 e. The second kappa shape index (κ2) is 8.55. The van der Waals surface area contributed by atoms with E-state index in [1.54, 1.807) is 24.3 Å². The highest BCUT2D eigenvalue weighted by Crippen LogP contribution is 2.29. The molecule has 7 heteroatoms. The lowest BCUT2D eigenvalue weighted by Crippen LogP contribution is -2.19. The number of amides is 1. The van der Waals surface area contributed by atoms with Crippen molar-refractivity contribution in [3.63, 3.8) is 0 Å². The van der Waals surface area contributed by atoms with Crippen molar-refractivity contribution in [3.8, 4) is 5.75 Å². The molecule has 0 spiro atoms. The Morgan fingerprint density at radius 2 is 2.07 bits per heavy atom. The fraction of sp³-hybridized carbons (Fsp3) is 0.150. The molecule has 1 aliphatic heterocycles. The summed E-state index contributed by atoms with van der Waals surface area (Å²) >= 11 is 1.27. The van der Waals surface area contributed by atoms with Crippen molar-refractivity contribution in [1.29, 1.82) is 0 Å². The van der Waals surface area contributed by atoms with Crippen LogP contribution in [0.25, 0.3) is 6.08 Å². The van der Waals surface area contributed by atoms with E-state index in [0.717, 1.165) is 16.8 Å². The van der Waals surface area contributed by atoms with E-state index in [-0.39, 0.29) is 18.9 Å². The summed E-state index contributed by atoms with van der Waals surface area (Å²) in [7, 11) is 0. The van der Waals surface area contributed by atoms with Gasteiger partial charge in [0, 0.05) is 0 Å². The van der Waals surface area contributed by atoms with Crippen molar-refractivity contribution in [3.05, 3.63) is 64.6 Å². The molecule has 6 nitrogen and oxygen atoms in total. The summed E-state index contributed by atoms with van der Waals surface area (Å²) in [4.78, 5) is 27.7. The number of nitrogens with one attached hydrogen (secondary N) is 1. The number of ether oxygens (including phenoxy) is 1. The van der Waals surface area contributed by atoms with Crippen molar-refractivity contribution in [2.24, 2.45) is 4.99 Å². The van der Waals surface area contributed by atoms with E-state index in [2.05, 4.69) is 10.3 Å². The molecule has 1 amide bonds. The molecule has 0 saturated carbocycles. The molecule has 2 aromatic carbocycles. The first-order chi connectivity index (χ1) is 13.0. The van der Waals surface area contributed by atoms with Crippen LogP contribution < -0.4 is 10.1 Å². The number of hydrogen-bond acceptors (Lipinski definition) is 5. The minimum absolute atomic E-state index is 0.0671. The van der Waals surface area contributed by atoms with Gasteiger partial charge in [0.1, 0.15) is 5.75 Å². The van der Waals surface area contributed by atoms with Crippen LogP contribution in [0.2, 0.25) is 0 Å². The van der Waals surface area contributed by atoms with Gasteiger partial charge in [-0.1, -0.05) is 24.3 Å². The summed E-state index contributed by atoms with van der Waals surface area (Å²) in [6.07, 6.45) is 1.69. The molecule has 0 bridgehead atoms. The standard InChI is InChI=1S/C20H18N2O4S/c1-13-4-2-6-15(10-13)21-20-22-19(25)17(27-20)12-14-5-3-7-16(11-14)26-9-8-18(23)24/h2-7,10-12H,8-9H2,1H3,(H,23,24)(H,21,22,25)/b17-12-. The third kappa shape index (κ3) is 5.46. The van der Waals surface area contributed by atoms with Gasteiger partial charge in [-0.25, -0.2) is 4.99 Å². The second-order valence-corrected chi connectivity index (χ2v) is 6.92. The molecule has 2 aromatic rings. The van der Waals surface area contributed by atoms with Gasteiger partial charge in [-0.15, -0.1) is 0 Å². The van der Waals surface area contributed by atoms with Crippen molar-refractivity contribution in [2.75, 3.05) is 6.61 Å². The van der Waals surface area contributed by atoms with Crippen LogP contribution in [0.15, 0.2) is 58.4 Å². The summed E-state index contributed by atoms with van der Waals surface area (Å²) in [5.41, 5.74) is 2.67. The number of thioether (sulfide) groups is 1. The van der Waals surface area contributed by atoms with Crippen LogP contribution in [0, 0.1) is 6.92 Å². The second-order valence-electron chi connectivity index (χ2n) is 5.89. The lowest BCUT2D eigenvalue weighted by Gasteiger charge is -2.05. The number of hydrogen-bond donors (Lipinski definition) is 2. The van der Waals surface area contributed by atoms with Gasteiger partial charge in [-0.3, -0.25) is 9.59 Å². The van der Waals surface area contributed by atoms with Crippen LogP contribution in [0.5, 0.6) is 5.75 Å². The first kappa shape index (κ1) is 18.7. The fourth-order valence-corrected chi connectivity index (χ4v) is 3.24. The first-order valence-corrected chi connectivity index (χ1v) is 9.12. The first-order valence-electron chi connectivity index (χ1n) is 8.30. The minimum Gasteiger partial charge on any atom is -0.493 e. The molecular weight excluding hydrogens is 364 g/mol. The minimum atomic E-state index is -0.910. The summed E-state index contributed by atoms with van der Waals surface area (Å²) in [5, 5.41) is 12.0. The number of carbonyl (C=O) groups is 2. The number of carbonyl (C=O) groups excluding carboxylic acids is 1. The molecule has 0 aromatic heterocycles. The van der Waals surface area contributed by atoms with E-state index in [9.17, 15) is 9.59 Å². The van der Waals surface area contributed by atoms with Crippen LogP contribution in [0.3, 0.4) is 0 Å². The number of carboxylic acids is 1. The molecule has 1 heterocycles. The molecule has 3 rings (SSSR count). The molecule has 27 heavy (non-hydrogen) atoms. The zero-order valence-corrected chi connectivity index (χ0v) is 15.5. The highest BCUT2D eigenvalue weighted by atomic mass is 32.2. The summed E-state index contributed by atoms with van der Waals surface area (Å²) in [6, 6.07) is 14.9. The van der Waals surface area contributed by atoms with Crippen LogP contribution in [-0.4, -0.2) is 28.8 Å². The number of benzene rings is 2. The molecular formula is C20H18N2O4S. The van der Waals surface area contributed by atoms with Crippen molar-refractivity contribution < 1.29 is 19.4 Å². The number of aliphatic carboxylic acids is 1. The SMILES string of the molecule is Cc1cccc(N=C2NC(=O)/C(=C/c3cccc(OCCC(=O)O)c3)S2)c1. The monoisotopic (exact) mass is 382 g/mol. The van der Waals surface area contributed by atoms with Gasteiger partial charge in [-0.05, 0) is 60.2 Å². The Hall–Kier alpha value is -3.06. The Bertz CT molecular complexity index is 937. The third-order valence-electron chi connectivity index (χ3n) is 3.62. The normalized spacial score (nSPS) is 16.6. The van der Waals surface area contributed by atoms with E-state index in [4.69, 9.17) is 9.84 Å². The quantitative estimate of drug-likeness (QED) is 0.743. The molecule has 1 aliphatic rings. The largest absolute Gasteiger partial charge is 0.493 e. The predicted molar refractivity (Wildman–Crippen MR) is 106 cm³/mol. The van der Waals surface area contributed by atoms with Crippen LogP contribution in [-0.2, 0) is 9.59 Å². The summed E-state index contributed by atoms with van der Waals surface area (Å²) in [6.45, 7) is 2.08. The van der Waals surface area contributed by atoms with Gasteiger partial charge < -0.3 is 15.2 Å². The van der Waals surface area contributed by atoms with Gasteiger partial charge in [0.25, 0.3) is 5.91 Å². The molecule has 0 radical (unpaired) electrons. The maximum absolute atomic E-state index is 12.2. The lowest BCUT2D eigenvalue weighted by atomic mass is 10.2. The van der Waals surface area contributed by atoms with Crippen LogP contribution in [0.4, 0.5) is 5.69 Å². The average molecular weight is 382 g/mol. The molecule has 0 unspecified atom stereocenters. The summed E-state index contributed by atoms with van der Waals surface area (Å²) in [5.74, 6) is -0.556. The average Bonchev–Trinajstić information content (AvgIpc) is 2.94. The third-order valence-corrected chi connectivity index (χ3v) is 4.53. The van der Waals surface area contributed by atoms with E-state index >= 15 is 0 Å². The number of rotatable bonds is 6. The van der Waals surface area contributed by atoms with Crippen molar-refractivity contribution >= 4 is 40.6 Å². The number of carboxylic acid groups (broad SMARTS) is 1. The van der Waals surface area contributed by atoms with E-state index in [1.165, 1.54) is 11.8 Å². The zero-order chi connectivity index (χ0) is 19.2. The Labute approximate surface area is 161 Å². The number of aryl methyl sites for hydroxylation is 1. The molecule has 0 atom stereocenters. The topological polar surface area (TPSA) is 88.0 Å². The Morgan fingerprint density at radius 1 is 1.26 bits per heavy atom. The fourth-order valence-electron chi connectivity index (χ4n) is 2.40. The van der Waals surface area contributed by atoms with Crippen molar-refractivity contribution in [2.45, 2.75) is 13.3 Å². The van der Waals surface area contributed by atoms with Crippen LogP contribution in [0.1, 0.15) is 17.5 Å². The van der Waals surface area contributed by atoms with Crippen LogP contribution >= 0.6 is 11.8 Å². The Kier molecular flexibility index (Phi) is 5.93. The lowest BCUT2D eigenvalue weighted by molar-refractivity contribution is -0.137. The van der Waals surface area contributed by atoms with Gasteiger partial charge in [0.15, 0.2) is 5.17 Å². The number of amidine groups is 1. The maximum atomic E-state index is 12.2. The van der Waals surface area contributed by atoms with Gasteiger partial charge in [0.2, 0.25) is 0 Å². The summed E-state index contributed by atoms with van der Waals surface area (Å²) < 4.78 is 5.42. The predicted octanol–water partition coefficient (Wildman–Crippen LogP) is 3.74. The van der Waals surface area contributed by atoms with E-state index in [0.29, 0.717) is 15.8 Å². The van der Waals surface area contributed by atoms with Gasteiger partial charge in [0.05, 0.1) is 23.6 Å². The molecule has 0 aliphatic carbocycles. The number of nitrogens with zero attached hydrogens (tertiary/aromatic N) is 1. The van der Waals surface area contributed by atoms with Gasteiger partial charge >= 0.3 is 5.97 Å². The number of aliphatic imine (C=N–C) groups is 1. The van der Waals surface area contributed by atoms with Crippen molar-refractivity contribution in [1.82, 2.24) is 5.32 Å². The van der Waals surface area contributed by atoms with E-state index < -0.39 is 5.97 Å². The Balaban J connectivity index is 1.72. The zero-order valence-electron chi connectivity index (χ0n) is 14.6. The molecule has 138 valence electrons. The highest BCUT2D eigenvalue weighted by molar-refractivity contribution is 8.18. The van der Waals surface area contributed by atoms with E-state index in [1.807, 2.05) is 37.3 Å². The highest BCUT2D eigenvalue weighted by Gasteiger charge is 2.23. The molecule has 1 saturated heterocycles. The molecule has 2 N–H and O–H groups in total. The Morgan fingerprint density at radius 3 is 2.85 bits per heavy atom.